The van der Waals surface area contributed by atoms with Gasteiger partial charge in [-0.25, -0.2) is 9.48 Å². The molecular formula is C15H21N7O3. The van der Waals surface area contributed by atoms with Crippen LogP contribution in [0.4, 0.5) is 11.9 Å². The van der Waals surface area contributed by atoms with Crippen molar-refractivity contribution in [2.24, 2.45) is 0 Å². The quantitative estimate of drug-likeness (QED) is 0.700. The molecule has 0 aliphatic heterocycles. The Labute approximate surface area is 144 Å². The first-order valence-electron chi connectivity index (χ1n) is 7.83. The number of hydrogen-bond acceptors (Lipinski definition) is 9. The van der Waals surface area contributed by atoms with Gasteiger partial charge in [0.2, 0.25) is 11.9 Å². The normalized spacial score (nSPS) is 10.5. The number of nitrogen functional groups attached to an aromatic ring is 1. The van der Waals surface area contributed by atoms with Crippen molar-refractivity contribution in [3.63, 3.8) is 0 Å². The summed E-state index contributed by atoms with van der Waals surface area (Å²) in [6.45, 7) is 2.28. The van der Waals surface area contributed by atoms with Gasteiger partial charge in [-0.1, -0.05) is 13.3 Å². The van der Waals surface area contributed by atoms with Gasteiger partial charge in [0.1, 0.15) is 0 Å². The van der Waals surface area contributed by atoms with Crippen LogP contribution in [0.25, 0.3) is 0 Å². The number of anilines is 2. The van der Waals surface area contributed by atoms with Crippen LogP contribution in [0.2, 0.25) is 0 Å². The van der Waals surface area contributed by atoms with Crippen molar-refractivity contribution in [1.82, 2.24) is 24.7 Å². The van der Waals surface area contributed by atoms with Gasteiger partial charge in [0.25, 0.3) is 5.56 Å². The number of nitrogens with zero attached hydrogens (tertiary/aromatic N) is 6. The largest absolute Gasteiger partial charge is 0.453 e. The zero-order valence-corrected chi connectivity index (χ0v) is 14.5. The molecule has 0 amide bonds. The molecule has 10 heteroatoms. The van der Waals surface area contributed by atoms with Crippen molar-refractivity contribution in [2.45, 2.75) is 32.9 Å². The Balaban J connectivity index is 2.09. The van der Waals surface area contributed by atoms with Crippen LogP contribution in [0.1, 0.15) is 36.1 Å². The number of aryl methyl sites for hydroxylation is 1. The summed E-state index contributed by atoms with van der Waals surface area (Å²) >= 11 is 0. The number of aromatic nitrogens is 5. The number of ether oxygens (including phenoxy) is 1. The fourth-order valence-corrected chi connectivity index (χ4v) is 1.92. The maximum atomic E-state index is 12.1. The molecule has 0 saturated heterocycles. The lowest BCUT2D eigenvalue weighted by molar-refractivity contribution is 0.0452. The van der Waals surface area contributed by atoms with Crippen LogP contribution in [0.15, 0.2) is 16.9 Å². The van der Waals surface area contributed by atoms with E-state index in [0.29, 0.717) is 12.5 Å². The Bertz CT molecular complexity index is 804. The first-order valence-corrected chi connectivity index (χ1v) is 7.83. The van der Waals surface area contributed by atoms with Gasteiger partial charge in [0.05, 0.1) is 0 Å². The van der Waals surface area contributed by atoms with E-state index in [1.54, 1.807) is 19.0 Å². The average molecular weight is 347 g/mol. The van der Waals surface area contributed by atoms with Crippen LogP contribution in [0.5, 0.6) is 0 Å². The summed E-state index contributed by atoms with van der Waals surface area (Å²) in [6, 6.07) is 2.63. The topological polar surface area (TPSA) is 129 Å². The molecule has 0 bridgehead atoms. The van der Waals surface area contributed by atoms with E-state index in [1.807, 2.05) is 6.92 Å². The van der Waals surface area contributed by atoms with Crippen molar-refractivity contribution >= 4 is 17.9 Å². The van der Waals surface area contributed by atoms with Gasteiger partial charge in [0, 0.05) is 26.7 Å². The van der Waals surface area contributed by atoms with E-state index in [0.717, 1.165) is 12.8 Å². The zero-order chi connectivity index (χ0) is 18.4. The average Bonchev–Trinajstić information content (AvgIpc) is 2.58. The van der Waals surface area contributed by atoms with E-state index in [4.69, 9.17) is 10.5 Å². The number of unbranched alkanes of at least 4 members (excludes halogenated alkanes) is 1. The number of carbonyl (C=O) groups excluding carboxylic acids is 1. The van der Waals surface area contributed by atoms with E-state index < -0.39 is 5.97 Å². The van der Waals surface area contributed by atoms with E-state index in [-0.39, 0.29) is 29.6 Å². The van der Waals surface area contributed by atoms with Gasteiger partial charge in [-0.05, 0) is 12.5 Å². The monoisotopic (exact) mass is 347 g/mol. The number of rotatable bonds is 7. The number of carbonyl (C=O) groups is 1. The number of nitrogens with two attached hydrogens (primary N) is 1. The highest BCUT2D eigenvalue weighted by atomic mass is 16.5. The molecule has 0 saturated carbocycles. The fraction of sp³-hybridized carbons (Fsp3) is 0.467. The molecule has 0 aliphatic carbocycles. The molecule has 2 aromatic rings. The molecular weight excluding hydrogens is 326 g/mol. The molecule has 0 aromatic carbocycles. The minimum Gasteiger partial charge on any atom is -0.453 e. The summed E-state index contributed by atoms with van der Waals surface area (Å²) in [5.41, 5.74) is 5.41. The third kappa shape index (κ3) is 4.96. The number of hydrogen-bond donors (Lipinski definition) is 1. The first kappa shape index (κ1) is 18.3. The minimum atomic E-state index is -0.671. The SMILES string of the molecule is CCCCn1nc(C(=O)OCc2nc(N)nc(N(C)C)n2)ccc1=O. The fourth-order valence-electron chi connectivity index (χ4n) is 1.92. The number of esters is 1. The van der Waals surface area contributed by atoms with E-state index >= 15 is 0 Å². The Morgan fingerprint density at radius 2 is 2.04 bits per heavy atom. The van der Waals surface area contributed by atoms with E-state index in [9.17, 15) is 9.59 Å². The summed E-state index contributed by atoms with van der Waals surface area (Å²) in [5.74, 6) is -0.0414. The lowest BCUT2D eigenvalue weighted by atomic mass is 10.3. The molecule has 2 heterocycles. The molecule has 134 valence electrons. The van der Waals surface area contributed by atoms with Crippen LogP contribution >= 0.6 is 0 Å². The Morgan fingerprint density at radius 3 is 2.72 bits per heavy atom. The highest BCUT2D eigenvalue weighted by Crippen LogP contribution is 2.07. The van der Waals surface area contributed by atoms with Gasteiger partial charge < -0.3 is 15.4 Å². The third-order valence-corrected chi connectivity index (χ3v) is 3.22. The van der Waals surface area contributed by atoms with Crippen LogP contribution in [0.3, 0.4) is 0 Å². The molecule has 0 aliphatic rings. The lowest BCUT2D eigenvalue weighted by Crippen LogP contribution is -2.25. The Hall–Kier alpha value is -3.04. The summed E-state index contributed by atoms with van der Waals surface area (Å²) < 4.78 is 6.41. The lowest BCUT2D eigenvalue weighted by Gasteiger charge is -2.11. The van der Waals surface area contributed by atoms with Crippen molar-refractivity contribution in [2.75, 3.05) is 24.7 Å². The molecule has 0 fully saturated rings. The summed E-state index contributed by atoms with van der Waals surface area (Å²) in [7, 11) is 3.52. The molecule has 0 unspecified atom stereocenters. The second-order valence-electron chi connectivity index (χ2n) is 5.51. The van der Waals surface area contributed by atoms with E-state index in [2.05, 4.69) is 20.1 Å². The predicted octanol–water partition coefficient (Wildman–Crippen LogP) is 0.234. The second kappa shape index (κ2) is 8.18. The molecule has 2 N–H and O–H groups in total. The standard InChI is InChI=1S/C15H21N7O3/c1-4-5-8-22-12(23)7-6-10(20-22)13(24)25-9-11-17-14(16)19-15(18-11)21(2)3/h6-7H,4-5,8-9H2,1-3H3,(H2,16,17,18,19). The highest BCUT2D eigenvalue weighted by Gasteiger charge is 2.13. The van der Waals surface area contributed by atoms with Crippen LogP contribution in [-0.4, -0.2) is 44.8 Å². The Morgan fingerprint density at radius 1 is 1.28 bits per heavy atom. The molecule has 2 rings (SSSR count). The zero-order valence-electron chi connectivity index (χ0n) is 14.5. The van der Waals surface area contributed by atoms with Gasteiger partial charge >= 0.3 is 5.97 Å². The predicted molar refractivity (Wildman–Crippen MR) is 91.1 cm³/mol. The molecule has 10 nitrogen and oxygen atoms in total. The summed E-state index contributed by atoms with van der Waals surface area (Å²) in [6.07, 6.45) is 1.71. The summed E-state index contributed by atoms with van der Waals surface area (Å²) in [4.78, 5) is 37.6. The third-order valence-electron chi connectivity index (χ3n) is 3.22. The molecule has 25 heavy (non-hydrogen) atoms. The van der Waals surface area contributed by atoms with Crippen molar-refractivity contribution < 1.29 is 9.53 Å². The summed E-state index contributed by atoms with van der Waals surface area (Å²) in [5, 5.41) is 4.03. The van der Waals surface area contributed by atoms with Gasteiger partial charge in [-0.2, -0.15) is 20.1 Å². The van der Waals surface area contributed by atoms with Crippen LogP contribution < -0.4 is 16.2 Å². The van der Waals surface area contributed by atoms with E-state index in [1.165, 1.54) is 16.8 Å². The maximum absolute atomic E-state index is 12.1. The highest BCUT2D eigenvalue weighted by molar-refractivity contribution is 5.86. The minimum absolute atomic E-state index is 0.0380. The molecule has 0 atom stereocenters. The van der Waals surface area contributed by atoms with Crippen LogP contribution in [-0.2, 0) is 17.9 Å². The second-order valence-corrected chi connectivity index (χ2v) is 5.51. The van der Waals surface area contributed by atoms with Crippen molar-refractivity contribution in [1.29, 1.82) is 0 Å². The van der Waals surface area contributed by atoms with Gasteiger partial charge in [0.15, 0.2) is 18.1 Å². The van der Waals surface area contributed by atoms with Gasteiger partial charge in [-0.15, -0.1) is 0 Å². The maximum Gasteiger partial charge on any atom is 0.359 e. The Kier molecular flexibility index (Phi) is 5.98. The van der Waals surface area contributed by atoms with Gasteiger partial charge in [-0.3, -0.25) is 4.79 Å². The smallest absolute Gasteiger partial charge is 0.359 e. The molecule has 2 aromatic heterocycles. The van der Waals surface area contributed by atoms with Crippen LogP contribution in [0, 0.1) is 0 Å². The molecule has 0 spiro atoms. The first-order chi connectivity index (χ1) is 11.9. The van der Waals surface area contributed by atoms with Crippen molar-refractivity contribution in [3.05, 3.63) is 34.0 Å². The molecule has 0 radical (unpaired) electrons. The van der Waals surface area contributed by atoms with Crippen molar-refractivity contribution in [3.8, 4) is 0 Å².